The van der Waals surface area contributed by atoms with Crippen molar-refractivity contribution >= 4 is 16.9 Å². The molecule has 3 atom stereocenters. The van der Waals surface area contributed by atoms with Crippen LogP contribution >= 0.6 is 11.8 Å². The predicted molar refractivity (Wildman–Crippen MR) is 50.4 cm³/mol. The fraction of sp³-hybridized carbons (Fsp3) is 0.857. The van der Waals surface area contributed by atoms with Crippen LogP contribution in [0, 0.1) is 0 Å². The molecule has 0 radical (unpaired) electrons. The smallest absolute Gasteiger partial charge is 0.159 e. The number of aliphatic hydroxyl groups excluding tert-OH is 1. The van der Waals surface area contributed by atoms with Crippen molar-refractivity contribution in [2.75, 3.05) is 14.2 Å². The molecule has 1 saturated heterocycles. The highest BCUT2D eigenvalue weighted by atomic mass is 32.2. The van der Waals surface area contributed by atoms with Gasteiger partial charge in [0, 0.05) is 14.2 Å². The minimum absolute atomic E-state index is 0.0382. The third kappa shape index (κ3) is 1.91. The van der Waals surface area contributed by atoms with Gasteiger partial charge in [-0.2, -0.15) is 0 Å². The maximum Gasteiger partial charge on any atom is 0.159 e. The molecule has 0 aliphatic carbocycles. The Morgan fingerprint density at radius 1 is 1.75 bits per heavy atom. The van der Waals surface area contributed by atoms with Crippen molar-refractivity contribution < 1.29 is 9.84 Å². The van der Waals surface area contributed by atoms with Gasteiger partial charge in [0.15, 0.2) is 5.17 Å². The number of nitrogens with one attached hydrogen (secondary N) is 1. The Bertz CT molecular complexity index is 184. The number of thioether (sulfide) groups is 1. The first-order chi connectivity index (χ1) is 5.69. The zero-order valence-electron chi connectivity index (χ0n) is 7.44. The Hall–Kier alpha value is -0.260. The first kappa shape index (κ1) is 9.83. The number of aliphatic hydroxyl groups is 1. The van der Waals surface area contributed by atoms with Crippen molar-refractivity contribution in [1.82, 2.24) is 5.32 Å². The Kier molecular flexibility index (Phi) is 3.37. The van der Waals surface area contributed by atoms with E-state index in [0.717, 1.165) is 5.17 Å². The van der Waals surface area contributed by atoms with E-state index in [1.165, 1.54) is 11.8 Å². The fourth-order valence-corrected chi connectivity index (χ4v) is 2.16. The van der Waals surface area contributed by atoms with Gasteiger partial charge in [-0.15, -0.1) is 0 Å². The molecule has 0 amide bonds. The second-order valence-electron chi connectivity index (χ2n) is 2.66. The molecule has 5 heteroatoms. The molecule has 3 unspecified atom stereocenters. The van der Waals surface area contributed by atoms with Gasteiger partial charge in [-0.1, -0.05) is 11.8 Å². The third-order valence-corrected chi connectivity index (χ3v) is 3.01. The summed E-state index contributed by atoms with van der Waals surface area (Å²) in [7, 11) is 3.35. The molecule has 12 heavy (non-hydrogen) atoms. The number of hydrogen-bond acceptors (Lipinski definition) is 4. The minimum Gasteiger partial charge on any atom is -0.391 e. The average molecular weight is 190 g/mol. The summed E-state index contributed by atoms with van der Waals surface area (Å²) in [5.41, 5.74) is -0.0382. The van der Waals surface area contributed by atoms with Gasteiger partial charge in [0.05, 0.1) is 12.1 Å². The van der Waals surface area contributed by atoms with Crippen LogP contribution in [-0.4, -0.2) is 42.0 Å². The van der Waals surface area contributed by atoms with E-state index in [9.17, 15) is 5.11 Å². The van der Waals surface area contributed by atoms with Crippen LogP contribution in [-0.2, 0) is 4.74 Å². The first-order valence-electron chi connectivity index (χ1n) is 3.80. The molecule has 1 aliphatic rings. The van der Waals surface area contributed by atoms with Gasteiger partial charge in [0.25, 0.3) is 0 Å². The van der Waals surface area contributed by atoms with E-state index in [1.54, 1.807) is 21.1 Å². The van der Waals surface area contributed by atoms with E-state index in [-0.39, 0.29) is 11.5 Å². The molecule has 4 nitrogen and oxygen atoms in total. The lowest BCUT2D eigenvalue weighted by Crippen LogP contribution is -2.41. The van der Waals surface area contributed by atoms with E-state index in [1.807, 2.05) is 0 Å². The molecular formula is C7H14N2O2S. The van der Waals surface area contributed by atoms with Crippen LogP contribution in [0.2, 0.25) is 0 Å². The van der Waals surface area contributed by atoms with Crippen molar-refractivity contribution in [3.63, 3.8) is 0 Å². The fourth-order valence-electron chi connectivity index (χ4n) is 1.09. The Labute approximate surface area is 76.4 Å². The molecule has 0 aromatic heterocycles. The average Bonchev–Trinajstić information content (AvgIpc) is 2.47. The molecule has 70 valence electrons. The van der Waals surface area contributed by atoms with E-state index in [0.29, 0.717) is 0 Å². The van der Waals surface area contributed by atoms with Gasteiger partial charge in [-0.25, -0.2) is 0 Å². The summed E-state index contributed by atoms with van der Waals surface area (Å²) in [5, 5.41) is 13.3. The number of hydrogen-bond donors (Lipinski definition) is 2. The van der Waals surface area contributed by atoms with Crippen LogP contribution in [0.25, 0.3) is 0 Å². The van der Waals surface area contributed by atoms with E-state index in [2.05, 4.69) is 10.3 Å². The zero-order chi connectivity index (χ0) is 9.14. The Morgan fingerprint density at radius 3 is 2.75 bits per heavy atom. The minimum atomic E-state index is -0.429. The number of aliphatic imine (C=N–C) groups is 1. The number of nitrogens with zero attached hydrogens (tertiary/aromatic N) is 1. The van der Waals surface area contributed by atoms with Crippen molar-refractivity contribution in [3.05, 3.63) is 0 Å². The number of rotatable bonds is 2. The lowest BCUT2D eigenvalue weighted by atomic mass is 10.2. The molecule has 1 fully saturated rings. The van der Waals surface area contributed by atoms with Crippen molar-refractivity contribution in [1.29, 1.82) is 0 Å². The SMILES string of the molecule is CN=C1NC(C(C)O)C(OC)S1. The summed E-state index contributed by atoms with van der Waals surface area (Å²) < 4.78 is 5.18. The van der Waals surface area contributed by atoms with Crippen LogP contribution in [0.1, 0.15) is 6.92 Å². The number of amidine groups is 1. The topological polar surface area (TPSA) is 53.9 Å². The molecule has 1 heterocycles. The second-order valence-corrected chi connectivity index (χ2v) is 3.75. The van der Waals surface area contributed by atoms with E-state index < -0.39 is 6.10 Å². The predicted octanol–water partition coefficient (Wildman–Crippen LogP) is 0.0305. The monoisotopic (exact) mass is 190 g/mol. The quantitative estimate of drug-likeness (QED) is 0.645. The maximum absolute atomic E-state index is 9.36. The molecule has 0 aromatic carbocycles. The molecule has 2 N–H and O–H groups in total. The van der Waals surface area contributed by atoms with Gasteiger partial charge in [-0.05, 0) is 6.92 Å². The summed E-state index contributed by atoms with van der Waals surface area (Å²) in [6, 6.07) is -0.0568. The molecule has 0 aromatic rings. The zero-order valence-corrected chi connectivity index (χ0v) is 8.26. The molecule has 1 aliphatic heterocycles. The summed E-state index contributed by atoms with van der Waals surface area (Å²) in [6.07, 6.45) is -0.429. The van der Waals surface area contributed by atoms with Gasteiger partial charge in [0.2, 0.25) is 0 Å². The van der Waals surface area contributed by atoms with Crippen molar-refractivity contribution in [3.8, 4) is 0 Å². The van der Waals surface area contributed by atoms with Crippen molar-refractivity contribution in [2.45, 2.75) is 24.5 Å². The molecule has 0 spiro atoms. The Morgan fingerprint density at radius 2 is 2.42 bits per heavy atom. The standard InChI is InChI=1S/C7H14N2O2S/c1-4(10)5-6(11-3)12-7(8-2)9-5/h4-6,10H,1-3H3,(H,8,9). The van der Waals surface area contributed by atoms with Crippen LogP contribution in [0.3, 0.4) is 0 Å². The lowest BCUT2D eigenvalue weighted by molar-refractivity contribution is 0.0760. The van der Waals surface area contributed by atoms with Gasteiger partial charge >= 0.3 is 0 Å². The second kappa shape index (κ2) is 4.11. The van der Waals surface area contributed by atoms with E-state index >= 15 is 0 Å². The summed E-state index contributed by atoms with van der Waals surface area (Å²) in [4.78, 5) is 4.00. The van der Waals surface area contributed by atoms with Crippen molar-refractivity contribution in [2.24, 2.45) is 4.99 Å². The van der Waals surface area contributed by atoms with Gasteiger partial charge < -0.3 is 15.2 Å². The molecule has 0 bridgehead atoms. The maximum atomic E-state index is 9.36. The molecule has 1 rings (SSSR count). The largest absolute Gasteiger partial charge is 0.391 e. The first-order valence-corrected chi connectivity index (χ1v) is 4.68. The van der Waals surface area contributed by atoms with Crippen LogP contribution in [0.4, 0.5) is 0 Å². The number of methoxy groups -OCH3 is 1. The van der Waals surface area contributed by atoms with Crippen LogP contribution in [0.15, 0.2) is 4.99 Å². The van der Waals surface area contributed by atoms with Crippen LogP contribution < -0.4 is 5.32 Å². The summed E-state index contributed by atoms with van der Waals surface area (Å²) in [6.45, 7) is 1.74. The van der Waals surface area contributed by atoms with Gasteiger partial charge in [0.1, 0.15) is 5.44 Å². The van der Waals surface area contributed by atoms with Crippen LogP contribution in [0.5, 0.6) is 0 Å². The lowest BCUT2D eigenvalue weighted by Gasteiger charge is -2.18. The third-order valence-electron chi connectivity index (χ3n) is 1.77. The summed E-state index contributed by atoms with van der Waals surface area (Å²) in [5.74, 6) is 0. The highest BCUT2D eigenvalue weighted by Crippen LogP contribution is 2.25. The van der Waals surface area contributed by atoms with Gasteiger partial charge in [-0.3, -0.25) is 4.99 Å². The number of ether oxygens (including phenoxy) is 1. The highest BCUT2D eigenvalue weighted by Gasteiger charge is 2.34. The molecular weight excluding hydrogens is 176 g/mol. The summed E-state index contributed by atoms with van der Waals surface area (Å²) >= 11 is 1.50. The Balaban J connectivity index is 2.62. The normalized spacial score (nSPS) is 35.2. The van der Waals surface area contributed by atoms with E-state index in [4.69, 9.17) is 4.74 Å². The highest BCUT2D eigenvalue weighted by molar-refractivity contribution is 8.14. The molecule has 0 saturated carbocycles.